The molecule has 1 aromatic carbocycles. The average Bonchev–Trinajstić information content (AvgIpc) is 2.69. The first-order valence-corrected chi connectivity index (χ1v) is 10.3. The highest BCUT2D eigenvalue weighted by molar-refractivity contribution is 7.80. The predicted octanol–water partition coefficient (Wildman–Crippen LogP) is 2.36. The fourth-order valence-electron chi connectivity index (χ4n) is 2.93. The minimum atomic E-state index is -0.809. The highest BCUT2D eigenvalue weighted by Gasteiger charge is 2.34. The van der Waals surface area contributed by atoms with E-state index in [4.69, 9.17) is 17.0 Å². The predicted molar refractivity (Wildman–Crippen MR) is 115 cm³/mol. The Bertz CT molecular complexity index is 764. The van der Waals surface area contributed by atoms with Crippen molar-refractivity contribution in [2.75, 3.05) is 13.1 Å². The van der Waals surface area contributed by atoms with Gasteiger partial charge < -0.3 is 15.0 Å². The van der Waals surface area contributed by atoms with Gasteiger partial charge in [0.05, 0.1) is 12.5 Å². The van der Waals surface area contributed by atoms with E-state index in [0.29, 0.717) is 31.0 Å². The lowest BCUT2D eigenvalue weighted by Crippen LogP contribution is -2.60. The number of benzene rings is 1. The smallest absolute Gasteiger partial charge is 0.308 e. The molecule has 0 saturated carbocycles. The minimum absolute atomic E-state index is 0.124. The molecule has 1 aromatic rings. The van der Waals surface area contributed by atoms with Crippen LogP contribution in [0.4, 0.5) is 0 Å². The number of carbonyl (C=O) groups excluding carboxylic acids is 3. The largest absolute Gasteiger partial charge is 0.463 e. The van der Waals surface area contributed by atoms with Gasteiger partial charge in [0.1, 0.15) is 6.04 Å². The number of rotatable bonds is 6. The summed E-state index contributed by atoms with van der Waals surface area (Å²) in [5.74, 6) is -0.756. The summed E-state index contributed by atoms with van der Waals surface area (Å²) in [7, 11) is 0. The van der Waals surface area contributed by atoms with Gasteiger partial charge in [-0.25, -0.2) is 0 Å². The minimum Gasteiger partial charge on any atom is -0.463 e. The van der Waals surface area contributed by atoms with E-state index in [9.17, 15) is 14.4 Å². The number of hydrogen-bond donors (Lipinski definition) is 2. The molecule has 1 aliphatic heterocycles. The van der Waals surface area contributed by atoms with Gasteiger partial charge in [0, 0.05) is 18.7 Å². The Kier molecular flexibility index (Phi) is 8.13. The van der Waals surface area contributed by atoms with Crippen molar-refractivity contribution in [3.63, 3.8) is 0 Å². The van der Waals surface area contributed by atoms with E-state index < -0.39 is 12.0 Å². The second-order valence-electron chi connectivity index (χ2n) is 7.45. The Morgan fingerprint density at radius 1 is 1.28 bits per heavy atom. The van der Waals surface area contributed by atoms with Gasteiger partial charge in [0.25, 0.3) is 5.91 Å². The Balaban J connectivity index is 2.04. The van der Waals surface area contributed by atoms with Crippen molar-refractivity contribution < 1.29 is 19.1 Å². The molecule has 8 heteroatoms. The number of esters is 1. The zero-order valence-electron chi connectivity index (χ0n) is 17.4. The van der Waals surface area contributed by atoms with E-state index >= 15 is 0 Å². The fraction of sp³-hybridized carbons (Fsp3) is 0.524. The molecule has 0 radical (unpaired) electrons. The van der Waals surface area contributed by atoms with Gasteiger partial charge in [-0.2, -0.15) is 0 Å². The highest BCUT2D eigenvalue weighted by Crippen LogP contribution is 2.15. The van der Waals surface area contributed by atoms with Crippen LogP contribution in [0.25, 0.3) is 0 Å². The molecule has 1 saturated heterocycles. The van der Waals surface area contributed by atoms with E-state index in [1.807, 2.05) is 19.1 Å². The third-order valence-electron chi connectivity index (χ3n) is 4.92. The number of piperazine rings is 1. The Hall–Kier alpha value is -2.48. The third kappa shape index (κ3) is 6.25. The molecule has 0 spiro atoms. The molecule has 2 rings (SSSR count). The van der Waals surface area contributed by atoms with Gasteiger partial charge in [0.2, 0.25) is 5.91 Å². The van der Waals surface area contributed by atoms with Gasteiger partial charge in [-0.05, 0) is 49.2 Å². The molecule has 2 atom stereocenters. The van der Waals surface area contributed by atoms with Crippen LogP contribution in [-0.2, 0) is 14.3 Å². The van der Waals surface area contributed by atoms with Crippen LogP contribution in [0.1, 0.15) is 62.4 Å². The summed E-state index contributed by atoms with van der Waals surface area (Å²) in [6, 6.07) is 6.50. The number of ether oxygens (including phenoxy) is 1. The van der Waals surface area contributed by atoms with E-state index in [1.165, 1.54) is 0 Å². The summed E-state index contributed by atoms with van der Waals surface area (Å²) >= 11 is 5.37. The maximum atomic E-state index is 12.6. The molecule has 0 bridgehead atoms. The first kappa shape index (κ1) is 22.8. The van der Waals surface area contributed by atoms with Gasteiger partial charge in [-0.1, -0.05) is 32.9 Å². The number of carbonyl (C=O) groups is 3. The van der Waals surface area contributed by atoms with Crippen molar-refractivity contribution in [3.8, 4) is 0 Å². The van der Waals surface area contributed by atoms with E-state index in [-0.39, 0.29) is 29.5 Å². The van der Waals surface area contributed by atoms with Crippen molar-refractivity contribution >= 4 is 35.1 Å². The number of nitrogens with zero attached hydrogens (tertiary/aromatic N) is 1. The zero-order chi connectivity index (χ0) is 21.6. The van der Waals surface area contributed by atoms with E-state index in [0.717, 1.165) is 5.56 Å². The Morgan fingerprint density at radius 3 is 2.52 bits per heavy atom. The SMILES string of the molecule is CCC(C)OC(=O)CC1C(=O)NCCN1C(=S)NC(=O)c1ccc(C(C)C)cc1. The second kappa shape index (κ2) is 10.3. The maximum Gasteiger partial charge on any atom is 0.308 e. The topological polar surface area (TPSA) is 87.7 Å². The van der Waals surface area contributed by atoms with Crippen LogP contribution in [0.5, 0.6) is 0 Å². The van der Waals surface area contributed by atoms with Gasteiger partial charge in [-0.15, -0.1) is 0 Å². The summed E-state index contributed by atoms with van der Waals surface area (Å²) in [5.41, 5.74) is 1.61. The van der Waals surface area contributed by atoms with Gasteiger partial charge in [-0.3, -0.25) is 19.7 Å². The van der Waals surface area contributed by atoms with Crippen LogP contribution >= 0.6 is 12.2 Å². The number of thiocarbonyl (C=S) groups is 1. The molecule has 7 nitrogen and oxygen atoms in total. The van der Waals surface area contributed by atoms with Crippen LogP contribution in [0.2, 0.25) is 0 Å². The molecule has 158 valence electrons. The summed E-state index contributed by atoms with van der Waals surface area (Å²) in [6.45, 7) is 8.66. The summed E-state index contributed by atoms with van der Waals surface area (Å²) in [5, 5.41) is 5.53. The average molecular weight is 420 g/mol. The number of hydrogen-bond acceptors (Lipinski definition) is 5. The molecule has 2 amide bonds. The maximum absolute atomic E-state index is 12.6. The lowest BCUT2D eigenvalue weighted by atomic mass is 10.0. The molecule has 0 aliphatic carbocycles. The number of amides is 2. The van der Waals surface area contributed by atoms with Crippen LogP contribution in [0, 0.1) is 0 Å². The van der Waals surface area contributed by atoms with Crippen molar-refractivity contribution in [2.24, 2.45) is 0 Å². The zero-order valence-corrected chi connectivity index (χ0v) is 18.2. The van der Waals surface area contributed by atoms with Crippen molar-refractivity contribution in [1.82, 2.24) is 15.5 Å². The summed E-state index contributed by atoms with van der Waals surface area (Å²) in [6.07, 6.45) is 0.342. The van der Waals surface area contributed by atoms with Crippen LogP contribution < -0.4 is 10.6 Å². The van der Waals surface area contributed by atoms with Gasteiger partial charge in [0.15, 0.2) is 5.11 Å². The molecule has 0 aromatic heterocycles. The number of nitrogens with one attached hydrogen (secondary N) is 2. The summed E-state index contributed by atoms with van der Waals surface area (Å²) in [4.78, 5) is 38.6. The van der Waals surface area contributed by atoms with Crippen LogP contribution in [0.15, 0.2) is 24.3 Å². The first-order chi connectivity index (χ1) is 13.7. The Morgan fingerprint density at radius 2 is 1.93 bits per heavy atom. The first-order valence-electron chi connectivity index (χ1n) is 9.92. The molecular weight excluding hydrogens is 390 g/mol. The molecule has 29 heavy (non-hydrogen) atoms. The molecule has 1 aliphatic rings. The lowest BCUT2D eigenvalue weighted by Gasteiger charge is -2.36. The summed E-state index contributed by atoms with van der Waals surface area (Å²) < 4.78 is 5.28. The highest BCUT2D eigenvalue weighted by atomic mass is 32.1. The van der Waals surface area contributed by atoms with E-state index in [1.54, 1.807) is 24.0 Å². The third-order valence-corrected chi connectivity index (χ3v) is 5.26. The lowest BCUT2D eigenvalue weighted by molar-refractivity contribution is -0.151. The quantitative estimate of drug-likeness (QED) is 0.544. The van der Waals surface area contributed by atoms with Crippen molar-refractivity contribution in [1.29, 1.82) is 0 Å². The van der Waals surface area contributed by atoms with E-state index in [2.05, 4.69) is 24.5 Å². The normalized spacial score (nSPS) is 17.5. The van der Waals surface area contributed by atoms with Gasteiger partial charge >= 0.3 is 5.97 Å². The van der Waals surface area contributed by atoms with Crippen molar-refractivity contribution in [2.45, 2.75) is 58.6 Å². The molecule has 1 fully saturated rings. The molecule has 2 unspecified atom stereocenters. The fourth-order valence-corrected chi connectivity index (χ4v) is 3.25. The van der Waals surface area contributed by atoms with Crippen LogP contribution in [0.3, 0.4) is 0 Å². The van der Waals surface area contributed by atoms with Crippen LogP contribution in [-0.4, -0.2) is 53.0 Å². The second-order valence-corrected chi connectivity index (χ2v) is 7.84. The standard InChI is InChI=1S/C21H29N3O4S/c1-5-14(4)28-18(25)12-17-20(27)22-10-11-24(17)21(29)23-19(26)16-8-6-15(7-9-16)13(2)3/h6-9,13-14,17H,5,10-12H2,1-4H3,(H,22,27)(H,23,26,29). The monoisotopic (exact) mass is 419 g/mol. The molecular formula is C21H29N3O4S. The molecule has 2 N–H and O–H groups in total. The molecule has 1 heterocycles. The Labute approximate surface area is 177 Å². The van der Waals surface area contributed by atoms with Crippen molar-refractivity contribution in [3.05, 3.63) is 35.4 Å².